The molecule has 0 spiro atoms. The molecule has 1 amide bonds. The Hall–Kier alpha value is -3.72. The zero-order valence-electron chi connectivity index (χ0n) is 19.0. The molecule has 4 rings (SSSR count). The summed E-state index contributed by atoms with van der Waals surface area (Å²) in [4.78, 5) is 28.6. The SMILES string of the molecule is COc1ccc2c(C(=O)c3cc(OC)c(OC)c(OC)c3)cn(C(=O)N3CCOCC3)c2c1. The van der Waals surface area contributed by atoms with Gasteiger partial charge in [-0.3, -0.25) is 9.36 Å². The van der Waals surface area contributed by atoms with Crippen molar-refractivity contribution in [1.29, 1.82) is 0 Å². The number of fused-ring (bicyclic) bond motifs is 1. The molecule has 1 fully saturated rings. The summed E-state index contributed by atoms with van der Waals surface area (Å²) in [5, 5.41) is 0.635. The molecule has 2 heterocycles. The van der Waals surface area contributed by atoms with E-state index in [9.17, 15) is 9.59 Å². The molecule has 9 heteroatoms. The third-order valence-corrected chi connectivity index (χ3v) is 5.67. The van der Waals surface area contributed by atoms with Crippen LogP contribution in [0.5, 0.6) is 23.0 Å². The van der Waals surface area contributed by atoms with E-state index in [1.165, 1.54) is 25.9 Å². The fraction of sp³-hybridized carbons (Fsp3) is 0.333. The van der Waals surface area contributed by atoms with Crippen molar-refractivity contribution in [1.82, 2.24) is 9.47 Å². The van der Waals surface area contributed by atoms with Crippen LogP contribution in [0.3, 0.4) is 0 Å². The van der Waals surface area contributed by atoms with Gasteiger partial charge in [0.25, 0.3) is 0 Å². The predicted molar refractivity (Wildman–Crippen MR) is 121 cm³/mol. The van der Waals surface area contributed by atoms with E-state index in [0.29, 0.717) is 71.3 Å². The van der Waals surface area contributed by atoms with E-state index in [4.69, 9.17) is 23.7 Å². The molecule has 9 nitrogen and oxygen atoms in total. The summed E-state index contributed by atoms with van der Waals surface area (Å²) in [5.74, 6) is 1.44. The van der Waals surface area contributed by atoms with Gasteiger partial charge >= 0.3 is 6.03 Å². The Morgan fingerprint density at radius 2 is 1.55 bits per heavy atom. The summed E-state index contributed by atoms with van der Waals surface area (Å²) < 4.78 is 28.4. The molecular formula is C24H26N2O7. The highest BCUT2D eigenvalue weighted by Crippen LogP contribution is 2.39. The highest BCUT2D eigenvalue weighted by Gasteiger charge is 2.26. The summed E-state index contributed by atoms with van der Waals surface area (Å²) in [6.07, 6.45) is 1.58. The second kappa shape index (κ2) is 9.41. The average molecular weight is 454 g/mol. The topological polar surface area (TPSA) is 88.5 Å². The molecule has 1 aliphatic rings. The average Bonchev–Trinajstić information content (AvgIpc) is 3.25. The van der Waals surface area contributed by atoms with Crippen molar-refractivity contribution in [2.45, 2.75) is 0 Å². The summed E-state index contributed by atoms with van der Waals surface area (Å²) in [7, 11) is 6.04. The number of ketones is 1. The maximum Gasteiger partial charge on any atom is 0.328 e. The van der Waals surface area contributed by atoms with Crippen LogP contribution in [0.25, 0.3) is 10.9 Å². The van der Waals surface area contributed by atoms with Crippen molar-refractivity contribution >= 4 is 22.7 Å². The van der Waals surface area contributed by atoms with Gasteiger partial charge in [0.2, 0.25) is 5.75 Å². The minimum atomic E-state index is -0.280. The Morgan fingerprint density at radius 1 is 0.879 bits per heavy atom. The first-order valence-electron chi connectivity index (χ1n) is 10.4. The molecule has 1 aliphatic heterocycles. The van der Waals surface area contributed by atoms with Crippen LogP contribution in [0.1, 0.15) is 15.9 Å². The molecule has 33 heavy (non-hydrogen) atoms. The number of rotatable bonds is 6. The third-order valence-electron chi connectivity index (χ3n) is 5.67. The van der Waals surface area contributed by atoms with Crippen LogP contribution in [-0.2, 0) is 4.74 Å². The van der Waals surface area contributed by atoms with E-state index in [1.807, 2.05) is 0 Å². The minimum Gasteiger partial charge on any atom is -0.497 e. The lowest BCUT2D eigenvalue weighted by Gasteiger charge is -2.27. The number of morpholine rings is 1. The van der Waals surface area contributed by atoms with Gasteiger partial charge in [0, 0.05) is 41.9 Å². The molecule has 0 aliphatic carbocycles. The molecule has 0 N–H and O–H groups in total. The number of aromatic nitrogens is 1. The summed E-state index contributed by atoms with van der Waals surface area (Å²) in [6.45, 7) is 1.92. The van der Waals surface area contributed by atoms with Crippen LogP contribution >= 0.6 is 0 Å². The summed E-state index contributed by atoms with van der Waals surface area (Å²) >= 11 is 0. The van der Waals surface area contributed by atoms with E-state index >= 15 is 0 Å². The maximum absolute atomic E-state index is 13.6. The zero-order chi connectivity index (χ0) is 23.5. The van der Waals surface area contributed by atoms with Crippen LogP contribution in [0.2, 0.25) is 0 Å². The first-order valence-corrected chi connectivity index (χ1v) is 10.4. The maximum atomic E-state index is 13.6. The van der Waals surface area contributed by atoms with Gasteiger partial charge in [0.1, 0.15) is 5.75 Å². The standard InChI is InChI=1S/C24H26N2O7/c1-29-16-5-6-17-18(14-26(19(17)13-16)24(28)25-7-9-33-10-8-25)22(27)15-11-20(30-2)23(32-4)21(12-15)31-3/h5-6,11-14H,7-10H2,1-4H3. The number of ether oxygens (including phenoxy) is 5. The monoisotopic (exact) mass is 454 g/mol. The molecule has 0 saturated carbocycles. The Bertz CT molecular complexity index is 1170. The molecule has 0 unspecified atom stereocenters. The molecule has 174 valence electrons. The fourth-order valence-electron chi connectivity index (χ4n) is 3.95. The van der Waals surface area contributed by atoms with Crippen LogP contribution in [0.15, 0.2) is 36.5 Å². The van der Waals surface area contributed by atoms with Gasteiger partial charge in [-0.1, -0.05) is 0 Å². The fourth-order valence-corrected chi connectivity index (χ4v) is 3.95. The number of benzene rings is 2. The van der Waals surface area contributed by atoms with Gasteiger partial charge in [0.05, 0.1) is 47.2 Å². The van der Waals surface area contributed by atoms with Crippen LogP contribution in [0, 0.1) is 0 Å². The Morgan fingerprint density at radius 3 is 2.12 bits per heavy atom. The van der Waals surface area contributed by atoms with E-state index < -0.39 is 0 Å². The number of hydrogen-bond acceptors (Lipinski definition) is 7. The van der Waals surface area contributed by atoms with Crippen molar-refractivity contribution in [2.75, 3.05) is 54.7 Å². The highest BCUT2D eigenvalue weighted by atomic mass is 16.5. The van der Waals surface area contributed by atoms with E-state index in [1.54, 1.807) is 48.5 Å². The van der Waals surface area contributed by atoms with E-state index in [0.717, 1.165) is 0 Å². The number of amides is 1. The molecule has 0 radical (unpaired) electrons. The van der Waals surface area contributed by atoms with Crippen LogP contribution in [0.4, 0.5) is 4.79 Å². The number of methoxy groups -OCH3 is 4. The van der Waals surface area contributed by atoms with E-state index in [-0.39, 0.29) is 11.8 Å². The van der Waals surface area contributed by atoms with Gasteiger partial charge in [-0.2, -0.15) is 0 Å². The molecular weight excluding hydrogens is 428 g/mol. The van der Waals surface area contributed by atoms with Gasteiger partial charge < -0.3 is 28.6 Å². The highest BCUT2D eigenvalue weighted by molar-refractivity contribution is 6.18. The number of nitrogens with zero attached hydrogens (tertiary/aromatic N) is 2. The number of carbonyl (C=O) groups excluding carboxylic acids is 2. The van der Waals surface area contributed by atoms with Crippen molar-refractivity contribution in [3.8, 4) is 23.0 Å². The molecule has 3 aromatic rings. The quantitative estimate of drug-likeness (QED) is 0.529. The summed E-state index contributed by atoms with van der Waals surface area (Å²) in [6, 6.07) is 8.26. The third kappa shape index (κ3) is 4.07. The van der Waals surface area contributed by atoms with Crippen LogP contribution < -0.4 is 18.9 Å². The van der Waals surface area contributed by atoms with Crippen molar-refractivity contribution in [3.63, 3.8) is 0 Å². The largest absolute Gasteiger partial charge is 0.497 e. The van der Waals surface area contributed by atoms with Crippen molar-refractivity contribution in [3.05, 3.63) is 47.7 Å². The Balaban J connectivity index is 1.84. The number of hydrogen-bond donors (Lipinski definition) is 0. The van der Waals surface area contributed by atoms with Gasteiger partial charge in [-0.25, -0.2) is 4.79 Å². The first-order chi connectivity index (χ1) is 16.0. The summed E-state index contributed by atoms with van der Waals surface area (Å²) in [5.41, 5.74) is 1.31. The first kappa shape index (κ1) is 22.5. The lowest BCUT2D eigenvalue weighted by atomic mass is 10.0. The lowest BCUT2D eigenvalue weighted by molar-refractivity contribution is 0.0537. The van der Waals surface area contributed by atoms with Gasteiger partial charge in [-0.15, -0.1) is 0 Å². The second-order valence-corrected chi connectivity index (χ2v) is 7.42. The second-order valence-electron chi connectivity index (χ2n) is 7.42. The molecule has 1 aromatic heterocycles. The Kier molecular flexibility index (Phi) is 6.41. The predicted octanol–water partition coefficient (Wildman–Crippen LogP) is 3.21. The smallest absolute Gasteiger partial charge is 0.328 e. The van der Waals surface area contributed by atoms with Crippen molar-refractivity contribution in [2.24, 2.45) is 0 Å². The lowest BCUT2D eigenvalue weighted by Crippen LogP contribution is -2.42. The van der Waals surface area contributed by atoms with Gasteiger partial charge in [-0.05, 0) is 24.3 Å². The normalized spacial score (nSPS) is 13.6. The van der Waals surface area contributed by atoms with Gasteiger partial charge in [0.15, 0.2) is 17.3 Å². The molecule has 1 saturated heterocycles. The van der Waals surface area contributed by atoms with Crippen molar-refractivity contribution < 1.29 is 33.3 Å². The Labute approximate surface area is 191 Å². The van der Waals surface area contributed by atoms with Crippen LogP contribution in [-0.4, -0.2) is 76.0 Å². The zero-order valence-corrected chi connectivity index (χ0v) is 19.0. The molecule has 0 atom stereocenters. The van der Waals surface area contributed by atoms with E-state index in [2.05, 4.69) is 0 Å². The molecule has 2 aromatic carbocycles. The number of carbonyl (C=O) groups is 2. The molecule has 0 bridgehead atoms. The minimum absolute atomic E-state index is 0.222.